The van der Waals surface area contributed by atoms with Gasteiger partial charge in [-0.1, -0.05) is 12.8 Å². The average molecular weight is 240 g/mol. The van der Waals surface area contributed by atoms with Crippen molar-refractivity contribution in [1.82, 2.24) is 10.2 Å². The van der Waals surface area contributed by atoms with E-state index in [2.05, 4.69) is 10.2 Å². The summed E-state index contributed by atoms with van der Waals surface area (Å²) in [6.45, 7) is 2.42. The third kappa shape index (κ3) is 3.68. The van der Waals surface area contributed by atoms with Gasteiger partial charge in [0.25, 0.3) is 0 Å². The predicted molar refractivity (Wildman–Crippen MR) is 66.6 cm³/mol. The molecule has 1 saturated carbocycles. The number of carbonyl (C=O) groups is 1. The molecule has 0 aromatic rings. The number of carbonyl (C=O) groups excluding carboxylic acids is 1. The average Bonchev–Trinajstić information content (AvgIpc) is 2.27. The van der Waals surface area contributed by atoms with E-state index in [0.29, 0.717) is 12.5 Å². The first kappa shape index (κ1) is 12.8. The van der Waals surface area contributed by atoms with E-state index < -0.39 is 0 Å². The molecule has 1 aliphatic carbocycles. The lowest BCUT2D eigenvalue weighted by molar-refractivity contribution is -0.123. The first-order valence-corrected chi connectivity index (χ1v) is 6.91. The zero-order valence-electron chi connectivity index (χ0n) is 10.5. The van der Waals surface area contributed by atoms with E-state index in [9.17, 15) is 9.90 Å². The summed E-state index contributed by atoms with van der Waals surface area (Å²) in [6, 6.07) is 0.193. The van der Waals surface area contributed by atoms with Crippen LogP contribution in [0, 0.1) is 5.92 Å². The van der Waals surface area contributed by atoms with E-state index in [1.165, 1.54) is 25.7 Å². The van der Waals surface area contributed by atoms with E-state index in [0.717, 1.165) is 25.9 Å². The summed E-state index contributed by atoms with van der Waals surface area (Å²) in [6.07, 6.45) is 7.19. The molecule has 1 heterocycles. The fraction of sp³-hybridized carbons (Fsp3) is 0.923. The van der Waals surface area contributed by atoms with Crippen LogP contribution in [-0.2, 0) is 4.79 Å². The summed E-state index contributed by atoms with van der Waals surface area (Å²) >= 11 is 0. The van der Waals surface area contributed by atoms with Gasteiger partial charge >= 0.3 is 0 Å². The summed E-state index contributed by atoms with van der Waals surface area (Å²) in [5.41, 5.74) is 0. The Balaban J connectivity index is 1.68. The Kier molecular flexibility index (Phi) is 4.80. The second-order valence-corrected chi connectivity index (χ2v) is 5.40. The van der Waals surface area contributed by atoms with Gasteiger partial charge in [-0.3, -0.25) is 9.69 Å². The Morgan fingerprint density at radius 2 is 2.06 bits per heavy atom. The number of rotatable bonds is 5. The van der Waals surface area contributed by atoms with Crippen LogP contribution in [0.3, 0.4) is 0 Å². The molecule has 0 bridgehead atoms. The summed E-state index contributed by atoms with van der Waals surface area (Å²) in [5, 5.41) is 12.3. The van der Waals surface area contributed by atoms with Crippen molar-refractivity contribution >= 4 is 5.91 Å². The van der Waals surface area contributed by atoms with Crippen LogP contribution < -0.4 is 5.32 Å². The fourth-order valence-electron chi connectivity index (χ4n) is 2.67. The molecule has 1 saturated heterocycles. The Morgan fingerprint density at radius 3 is 2.71 bits per heavy atom. The third-order valence-electron chi connectivity index (χ3n) is 4.12. The van der Waals surface area contributed by atoms with Crippen molar-refractivity contribution in [3.8, 4) is 0 Å². The van der Waals surface area contributed by atoms with Crippen LogP contribution in [0.25, 0.3) is 0 Å². The highest BCUT2D eigenvalue weighted by atomic mass is 16.3. The molecule has 1 amide bonds. The molecule has 2 rings (SSSR count). The van der Waals surface area contributed by atoms with E-state index in [-0.39, 0.29) is 18.6 Å². The largest absolute Gasteiger partial charge is 0.395 e. The number of nitrogens with zero attached hydrogens (tertiary/aromatic N) is 1. The van der Waals surface area contributed by atoms with Crippen LogP contribution in [0.15, 0.2) is 0 Å². The van der Waals surface area contributed by atoms with Gasteiger partial charge in [-0.2, -0.15) is 0 Å². The van der Waals surface area contributed by atoms with E-state index in [4.69, 9.17) is 0 Å². The van der Waals surface area contributed by atoms with Gasteiger partial charge in [0.05, 0.1) is 13.2 Å². The fourth-order valence-corrected chi connectivity index (χ4v) is 2.67. The lowest BCUT2D eigenvalue weighted by atomic mass is 9.85. The predicted octanol–water partition coefficient (Wildman–Crippen LogP) is 0.749. The van der Waals surface area contributed by atoms with Gasteiger partial charge in [0.2, 0.25) is 5.91 Å². The lowest BCUT2D eigenvalue weighted by Gasteiger charge is -2.34. The van der Waals surface area contributed by atoms with Gasteiger partial charge in [0, 0.05) is 12.6 Å². The molecule has 1 aliphatic heterocycles. The number of aliphatic hydroxyl groups excluding tert-OH is 1. The second kappa shape index (κ2) is 6.36. The molecule has 2 fully saturated rings. The Bertz CT molecular complexity index is 254. The van der Waals surface area contributed by atoms with Crippen LogP contribution in [0.2, 0.25) is 0 Å². The highest BCUT2D eigenvalue weighted by molar-refractivity contribution is 5.78. The number of nitrogens with one attached hydrogen (secondary N) is 1. The van der Waals surface area contributed by atoms with Crippen LogP contribution in [-0.4, -0.2) is 48.2 Å². The summed E-state index contributed by atoms with van der Waals surface area (Å²) in [4.78, 5) is 13.9. The first-order chi connectivity index (χ1) is 8.29. The minimum absolute atomic E-state index is 0.122. The Hall–Kier alpha value is -0.610. The zero-order chi connectivity index (χ0) is 12.1. The van der Waals surface area contributed by atoms with Crippen molar-refractivity contribution < 1.29 is 9.90 Å². The number of hydrogen-bond acceptors (Lipinski definition) is 3. The maximum atomic E-state index is 11.8. The second-order valence-electron chi connectivity index (χ2n) is 5.40. The molecule has 4 heteroatoms. The highest BCUT2D eigenvalue weighted by Gasteiger charge is 2.24. The van der Waals surface area contributed by atoms with Gasteiger partial charge in [0.15, 0.2) is 0 Å². The van der Waals surface area contributed by atoms with Crippen LogP contribution in [0.4, 0.5) is 0 Å². The highest BCUT2D eigenvalue weighted by Crippen LogP contribution is 2.25. The minimum Gasteiger partial charge on any atom is -0.395 e. The molecule has 1 unspecified atom stereocenters. The van der Waals surface area contributed by atoms with E-state index in [1.54, 1.807) is 0 Å². The quantitative estimate of drug-likeness (QED) is 0.745. The number of likely N-dealkylation sites (tertiary alicyclic amines) is 1. The van der Waals surface area contributed by atoms with Gasteiger partial charge in [-0.25, -0.2) is 0 Å². The smallest absolute Gasteiger partial charge is 0.234 e. The number of hydrogen-bond donors (Lipinski definition) is 2. The topological polar surface area (TPSA) is 52.6 Å². The Labute approximate surface area is 103 Å². The monoisotopic (exact) mass is 240 g/mol. The van der Waals surface area contributed by atoms with Crippen molar-refractivity contribution in [3.05, 3.63) is 0 Å². The zero-order valence-corrected chi connectivity index (χ0v) is 10.5. The molecule has 0 spiro atoms. The van der Waals surface area contributed by atoms with Crippen molar-refractivity contribution in [2.45, 2.75) is 44.6 Å². The van der Waals surface area contributed by atoms with Crippen molar-refractivity contribution in [2.75, 3.05) is 26.2 Å². The summed E-state index contributed by atoms with van der Waals surface area (Å²) in [7, 11) is 0. The molecule has 98 valence electrons. The van der Waals surface area contributed by atoms with Crippen LogP contribution in [0.1, 0.15) is 38.5 Å². The molecule has 1 atom stereocenters. The molecule has 2 N–H and O–H groups in total. The molecule has 2 aliphatic rings. The standard InChI is InChI=1S/C13H24N2O2/c16-10-12-6-1-2-7-15(12)9-13(17)14-8-11-4-3-5-11/h11-12,16H,1-10H2,(H,14,17). The molecular weight excluding hydrogens is 216 g/mol. The number of piperidine rings is 1. The molecular formula is C13H24N2O2. The van der Waals surface area contributed by atoms with Crippen LogP contribution in [0.5, 0.6) is 0 Å². The van der Waals surface area contributed by atoms with Crippen molar-refractivity contribution in [3.63, 3.8) is 0 Å². The lowest BCUT2D eigenvalue weighted by Crippen LogP contribution is -2.47. The number of amides is 1. The van der Waals surface area contributed by atoms with Gasteiger partial charge in [-0.15, -0.1) is 0 Å². The van der Waals surface area contributed by atoms with E-state index >= 15 is 0 Å². The van der Waals surface area contributed by atoms with Crippen molar-refractivity contribution in [1.29, 1.82) is 0 Å². The minimum atomic E-state index is 0.122. The molecule has 17 heavy (non-hydrogen) atoms. The maximum absolute atomic E-state index is 11.8. The normalized spacial score (nSPS) is 26.5. The summed E-state index contributed by atoms with van der Waals surface area (Å²) < 4.78 is 0. The van der Waals surface area contributed by atoms with Crippen LogP contribution >= 0.6 is 0 Å². The van der Waals surface area contributed by atoms with Gasteiger partial charge in [-0.05, 0) is 38.1 Å². The molecule has 0 radical (unpaired) electrons. The SMILES string of the molecule is O=C(CN1CCCCC1CO)NCC1CCC1. The van der Waals surface area contributed by atoms with Gasteiger partial charge < -0.3 is 10.4 Å². The molecule has 4 nitrogen and oxygen atoms in total. The Morgan fingerprint density at radius 1 is 1.24 bits per heavy atom. The third-order valence-corrected chi connectivity index (χ3v) is 4.12. The van der Waals surface area contributed by atoms with Gasteiger partial charge in [0.1, 0.15) is 0 Å². The van der Waals surface area contributed by atoms with Crippen molar-refractivity contribution in [2.24, 2.45) is 5.92 Å². The summed E-state index contributed by atoms with van der Waals surface area (Å²) in [5.74, 6) is 0.839. The first-order valence-electron chi connectivity index (χ1n) is 6.91. The maximum Gasteiger partial charge on any atom is 0.234 e. The number of aliphatic hydroxyl groups is 1. The molecule has 0 aromatic carbocycles. The van der Waals surface area contributed by atoms with E-state index in [1.807, 2.05) is 0 Å². The molecule has 0 aromatic heterocycles.